The van der Waals surface area contributed by atoms with Crippen molar-refractivity contribution in [3.05, 3.63) is 0 Å². The van der Waals surface area contributed by atoms with Crippen molar-refractivity contribution in [3.63, 3.8) is 0 Å². The summed E-state index contributed by atoms with van der Waals surface area (Å²) < 4.78 is 4.11. The highest BCUT2D eigenvalue weighted by Crippen LogP contribution is 1.50. The number of hydrogen-bond acceptors (Lipinski definition) is 2. The molecule has 3 nitrogen and oxygen atoms in total. The van der Waals surface area contributed by atoms with E-state index in [2.05, 4.69) is 10.5 Å². The first-order chi connectivity index (χ1) is 2.27. The third-order valence-electron chi connectivity index (χ3n) is 0.220. The first-order valence-electron chi connectivity index (χ1n) is 1.15. The van der Waals surface area contributed by atoms with Crippen molar-refractivity contribution in [2.75, 3.05) is 7.11 Å². The summed E-state index contributed by atoms with van der Waals surface area (Å²) >= 11 is 0. The number of amidine groups is 1. The van der Waals surface area contributed by atoms with Crippen LogP contribution in [0.4, 0.5) is 0 Å². The Morgan fingerprint density at radius 2 is 2.00 bits per heavy atom. The maximum Gasteiger partial charge on any atom is 0.278 e. The van der Waals surface area contributed by atoms with Gasteiger partial charge in [-0.3, -0.25) is 5.41 Å². The quantitative estimate of drug-likeness (QED) is 0.329. The molecule has 0 aromatic rings. The summed E-state index contributed by atoms with van der Waals surface area (Å²) in [5.74, 6) is 0. The van der Waals surface area contributed by atoms with Gasteiger partial charge in [-0.1, -0.05) is 0 Å². The van der Waals surface area contributed by atoms with Crippen LogP contribution in [0, 0.1) is 5.41 Å². The molecule has 0 aliphatic rings. The van der Waals surface area contributed by atoms with Gasteiger partial charge < -0.3 is 10.5 Å². The fraction of sp³-hybridized carbons (Fsp3) is 0.500. The Hall–Kier alpha value is -0.380. The van der Waals surface area contributed by atoms with E-state index >= 15 is 0 Å². The van der Waals surface area contributed by atoms with Crippen LogP contribution in [-0.2, 0) is 4.74 Å². The molecule has 0 saturated carbocycles. The van der Waals surface area contributed by atoms with Gasteiger partial charge in [0.1, 0.15) is 0 Å². The second-order valence-electron chi connectivity index (χ2n) is 0.568. The minimum Gasteiger partial charge on any atom is -0.469 e. The van der Waals surface area contributed by atoms with E-state index in [-0.39, 0.29) is 19.5 Å². The first kappa shape index (κ1) is 9.15. The largest absolute Gasteiger partial charge is 0.469 e. The van der Waals surface area contributed by atoms with E-state index in [1.807, 2.05) is 0 Å². The van der Waals surface area contributed by atoms with Gasteiger partial charge >= 0.3 is 0 Å². The van der Waals surface area contributed by atoms with Crippen molar-refractivity contribution in [2.45, 2.75) is 0 Å². The number of nitrogens with two attached hydrogens (primary N) is 1. The summed E-state index contributed by atoms with van der Waals surface area (Å²) in [5.41, 5.74) is 4.65. The van der Waals surface area contributed by atoms with Gasteiger partial charge in [0, 0.05) is 0 Å². The van der Waals surface area contributed by atoms with Crippen molar-refractivity contribution >= 4 is 19.5 Å². The Bertz CT molecular complexity index is 46.8. The molecule has 0 atom stereocenters. The summed E-state index contributed by atoms with van der Waals surface area (Å²) in [6, 6.07) is -0.245. The van der Waals surface area contributed by atoms with E-state index < -0.39 is 0 Å². The molecular formula is C2H8N2OS. The average molecular weight is 108 g/mol. The number of methoxy groups -OCH3 is 1. The molecule has 0 unspecified atom stereocenters. The van der Waals surface area contributed by atoms with Gasteiger partial charge in [0.2, 0.25) is 0 Å². The average Bonchev–Trinajstić information content (AvgIpc) is 1.38. The van der Waals surface area contributed by atoms with Crippen molar-refractivity contribution < 1.29 is 4.74 Å². The third-order valence-corrected chi connectivity index (χ3v) is 0.220. The molecule has 0 aliphatic heterocycles. The zero-order chi connectivity index (χ0) is 4.28. The Kier molecular flexibility index (Phi) is 7.05. The molecule has 0 amide bonds. The Labute approximate surface area is 43.4 Å². The van der Waals surface area contributed by atoms with Crippen LogP contribution in [0.3, 0.4) is 0 Å². The third kappa shape index (κ3) is 9.47. The zero-order valence-corrected chi connectivity index (χ0v) is 4.49. The molecule has 0 aromatic heterocycles. The summed E-state index contributed by atoms with van der Waals surface area (Å²) in [6.45, 7) is 0. The molecule has 0 radical (unpaired) electrons. The molecule has 0 aliphatic carbocycles. The predicted molar refractivity (Wildman–Crippen MR) is 29.3 cm³/mol. The monoisotopic (exact) mass is 108 g/mol. The standard InChI is InChI=1S/C2H6N2O.H2S/c1-5-2(3)4;/h1H3,(H3,3,4);1H2. The molecular weight excluding hydrogens is 100 g/mol. The van der Waals surface area contributed by atoms with E-state index in [4.69, 9.17) is 5.41 Å². The van der Waals surface area contributed by atoms with Crippen LogP contribution in [-0.4, -0.2) is 13.1 Å². The van der Waals surface area contributed by atoms with Crippen LogP contribution >= 0.6 is 13.5 Å². The van der Waals surface area contributed by atoms with Crippen molar-refractivity contribution in [1.29, 1.82) is 5.41 Å². The number of rotatable bonds is 0. The van der Waals surface area contributed by atoms with Gasteiger partial charge in [0.25, 0.3) is 6.02 Å². The van der Waals surface area contributed by atoms with E-state index in [0.717, 1.165) is 0 Å². The molecule has 0 spiro atoms. The topological polar surface area (TPSA) is 59.1 Å². The van der Waals surface area contributed by atoms with Crippen LogP contribution in [0.15, 0.2) is 0 Å². The normalized spacial score (nSPS) is 5.50. The van der Waals surface area contributed by atoms with Crippen LogP contribution in [0.5, 0.6) is 0 Å². The van der Waals surface area contributed by atoms with E-state index in [9.17, 15) is 0 Å². The molecule has 0 rings (SSSR count). The fourth-order valence-electron chi connectivity index (χ4n) is 0. The molecule has 3 N–H and O–H groups in total. The van der Waals surface area contributed by atoms with Gasteiger partial charge in [-0.25, -0.2) is 0 Å². The first-order valence-corrected chi connectivity index (χ1v) is 1.15. The Balaban J connectivity index is 0. The minimum atomic E-state index is -0.245. The molecule has 6 heavy (non-hydrogen) atoms. The maximum absolute atomic E-state index is 6.30. The fourth-order valence-corrected chi connectivity index (χ4v) is 0. The lowest BCUT2D eigenvalue weighted by Gasteiger charge is -1.85. The van der Waals surface area contributed by atoms with E-state index in [1.54, 1.807) is 0 Å². The van der Waals surface area contributed by atoms with E-state index in [1.165, 1.54) is 7.11 Å². The maximum atomic E-state index is 6.30. The molecule has 0 bridgehead atoms. The van der Waals surface area contributed by atoms with Crippen LogP contribution in [0.1, 0.15) is 0 Å². The van der Waals surface area contributed by atoms with Gasteiger partial charge in [0.05, 0.1) is 7.11 Å². The Morgan fingerprint density at radius 3 is 2.00 bits per heavy atom. The highest BCUT2D eigenvalue weighted by molar-refractivity contribution is 7.59. The molecule has 0 aromatic carbocycles. The molecule has 0 saturated heterocycles. The summed E-state index contributed by atoms with van der Waals surface area (Å²) in [5, 5.41) is 6.30. The number of ether oxygens (including phenoxy) is 1. The van der Waals surface area contributed by atoms with Crippen molar-refractivity contribution in [2.24, 2.45) is 5.73 Å². The van der Waals surface area contributed by atoms with Crippen LogP contribution < -0.4 is 5.73 Å². The smallest absolute Gasteiger partial charge is 0.278 e. The zero-order valence-electron chi connectivity index (χ0n) is 3.49. The second-order valence-corrected chi connectivity index (χ2v) is 0.568. The lowest BCUT2D eigenvalue weighted by atomic mass is 11.2. The highest BCUT2D eigenvalue weighted by atomic mass is 32.1. The summed E-state index contributed by atoms with van der Waals surface area (Å²) in [7, 11) is 1.35. The molecule has 0 heterocycles. The van der Waals surface area contributed by atoms with Crippen molar-refractivity contribution in [1.82, 2.24) is 0 Å². The molecule has 0 fully saturated rings. The molecule has 38 valence electrons. The highest BCUT2D eigenvalue weighted by Gasteiger charge is 1.68. The minimum absolute atomic E-state index is 0. The van der Waals surface area contributed by atoms with Crippen molar-refractivity contribution in [3.8, 4) is 0 Å². The van der Waals surface area contributed by atoms with E-state index in [0.29, 0.717) is 0 Å². The van der Waals surface area contributed by atoms with Crippen LogP contribution in [0.2, 0.25) is 0 Å². The predicted octanol–water partition coefficient (Wildman–Crippen LogP) is -0.361. The summed E-state index contributed by atoms with van der Waals surface area (Å²) in [4.78, 5) is 0. The van der Waals surface area contributed by atoms with Gasteiger partial charge in [-0.15, -0.1) is 0 Å². The SMILES string of the molecule is COC(=N)N.S. The lowest BCUT2D eigenvalue weighted by molar-refractivity contribution is 0.393. The van der Waals surface area contributed by atoms with Gasteiger partial charge in [-0.2, -0.15) is 13.5 Å². The number of hydrogen-bond donors (Lipinski definition) is 2. The number of nitrogens with one attached hydrogen (secondary N) is 1. The molecule has 4 heteroatoms. The van der Waals surface area contributed by atoms with Crippen LogP contribution in [0.25, 0.3) is 0 Å². The van der Waals surface area contributed by atoms with Gasteiger partial charge in [-0.05, 0) is 0 Å². The summed E-state index contributed by atoms with van der Waals surface area (Å²) in [6.07, 6.45) is 0. The van der Waals surface area contributed by atoms with Gasteiger partial charge in [0.15, 0.2) is 0 Å². The Morgan fingerprint density at radius 1 is 1.83 bits per heavy atom. The lowest BCUT2D eigenvalue weighted by Crippen LogP contribution is -2.10. The second kappa shape index (κ2) is 4.62.